The van der Waals surface area contributed by atoms with Crippen molar-refractivity contribution in [3.05, 3.63) is 27.7 Å². The summed E-state index contributed by atoms with van der Waals surface area (Å²) in [6.07, 6.45) is 0. The van der Waals surface area contributed by atoms with E-state index in [1.54, 1.807) is 0 Å². The molecule has 0 saturated carbocycles. The lowest BCUT2D eigenvalue weighted by Gasteiger charge is -2.47. The van der Waals surface area contributed by atoms with Crippen LogP contribution in [0.3, 0.4) is 0 Å². The Kier molecular flexibility index (Phi) is 4.49. The van der Waals surface area contributed by atoms with E-state index in [9.17, 15) is 0 Å². The fourth-order valence-electron chi connectivity index (χ4n) is 2.66. The minimum Gasteiger partial charge on any atom is -0.364 e. The molecule has 1 aromatic carbocycles. The molecule has 2 nitrogen and oxygen atoms in total. The number of hydrogen-bond acceptors (Lipinski definition) is 2. The number of benzene rings is 1. The van der Waals surface area contributed by atoms with Gasteiger partial charge < -0.3 is 10.2 Å². The van der Waals surface area contributed by atoms with Gasteiger partial charge in [0.05, 0.1) is 5.69 Å². The fourth-order valence-corrected chi connectivity index (χ4v) is 3.57. The second kappa shape index (κ2) is 5.63. The molecular formula is C15H22BrClN2. The Morgan fingerprint density at radius 1 is 1.42 bits per heavy atom. The molecule has 1 atom stereocenters. The standard InChI is InChI=1S/C15H22BrClN2/c1-10(2)14-8-18-15(3,4)9-19(14)13-6-5-11(17)7-12(13)16/h5-7,10,14,18H,8-9H2,1-4H3. The molecule has 19 heavy (non-hydrogen) atoms. The van der Waals surface area contributed by atoms with E-state index in [2.05, 4.69) is 59.9 Å². The van der Waals surface area contributed by atoms with Crippen LogP contribution >= 0.6 is 27.5 Å². The van der Waals surface area contributed by atoms with E-state index in [0.29, 0.717) is 12.0 Å². The molecule has 0 aromatic heterocycles. The first-order chi connectivity index (χ1) is 8.80. The molecule has 1 unspecified atom stereocenters. The van der Waals surface area contributed by atoms with Crippen molar-refractivity contribution in [1.29, 1.82) is 0 Å². The van der Waals surface area contributed by atoms with E-state index < -0.39 is 0 Å². The third kappa shape index (κ3) is 3.45. The minimum absolute atomic E-state index is 0.129. The second-order valence-corrected chi connectivity index (χ2v) is 7.59. The van der Waals surface area contributed by atoms with Crippen molar-refractivity contribution in [3.8, 4) is 0 Å². The van der Waals surface area contributed by atoms with Crippen molar-refractivity contribution >= 4 is 33.2 Å². The van der Waals surface area contributed by atoms with Gasteiger partial charge in [0.1, 0.15) is 0 Å². The van der Waals surface area contributed by atoms with Gasteiger partial charge in [-0.15, -0.1) is 0 Å². The molecule has 0 radical (unpaired) electrons. The van der Waals surface area contributed by atoms with Crippen LogP contribution in [0.25, 0.3) is 0 Å². The molecule has 1 fully saturated rings. The Hall–Kier alpha value is -0.250. The number of anilines is 1. The molecular weight excluding hydrogens is 324 g/mol. The first-order valence-electron chi connectivity index (χ1n) is 6.77. The van der Waals surface area contributed by atoms with E-state index >= 15 is 0 Å². The number of hydrogen-bond donors (Lipinski definition) is 1. The molecule has 1 saturated heterocycles. The van der Waals surface area contributed by atoms with Gasteiger partial charge in [-0.05, 0) is 53.9 Å². The van der Waals surface area contributed by atoms with Crippen molar-refractivity contribution in [1.82, 2.24) is 5.32 Å². The zero-order chi connectivity index (χ0) is 14.2. The highest BCUT2D eigenvalue weighted by Gasteiger charge is 2.34. The number of nitrogens with zero attached hydrogens (tertiary/aromatic N) is 1. The largest absolute Gasteiger partial charge is 0.364 e. The average molecular weight is 346 g/mol. The summed E-state index contributed by atoms with van der Waals surface area (Å²) in [5.41, 5.74) is 1.36. The van der Waals surface area contributed by atoms with Crippen LogP contribution in [0.2, 0.25) is 5.02 Å². The number of nitrogens with one attached hydrogen (secondary N) is 1. The third-order valence-electron chi connectivity index (χ3n) is 3.74. The van der Waals surface area contributed by atoms with Crippen molar-refractivity contribution in [2.24, 2.45) is 5.92 Å². The zero-order valence-electron chi connectivity index (χ0n) is 12.0. The van der Waals surface area contributed by atoms with Crippen LogP contribution in [0.4, 0.5) is 5.69 Å². The third-order valence-corrected chi connectivity index (χ3v) is 4.61. The molecule has 1 N–H and O–H groups in total. The Bertz CT molecular complexity index is 459. The molecule has 0 bridgehead atoms. The van der Waals surface area contributed by atoms with Gasteiger partial charge in [-0.3, -0.25) is 0 Å². The van der Waals surface area contributed by atoms with Gasteiger partial charge in [0.25, 0.3) is 0 Å². The summed E-state index contributed by atoms with van der Waals surface area (Å²) in [7, 11) is 0. The SMILES string of the molecule is CC(C)C1CNC(C)(C)CN1c1ccc(Cl)cc1Br. The quantitative estimate of drug-likeness (QED) is 0.859. The maximum atomic E-state index is 6.05. The van der Waals surface area contributed by atoms with E-state index in [4.69, 9.17) is 11.6 Å². The molecule has 0 aliphatic carbocycles. The van der Waals surface area contributed by atoms with Gasteiger partial charge in [-0.2, -0.15) is 0 Å². The molecule has 1 heterocycles. The molecule has 2 rings (SSSR count). The smallest absolute Gasteiger partial charge is 0.0515 e. The summed E-state index contributed by atoms with van der Waals surface area (Å²) in [6.45, 7) is 11.1. The lowest BCUT2D eigenvalue weighted by atomic mass is 9.92. The van der Waals surface area contributed by atoms with Gasteiger partial charge in [-0.25, -0.2) is 0 Å². The zero-order valence-corrected chi connectivity index (χ0v) is 14.3. The summed E-state index contributed by atoms with van der Waals surface area (Å²) < 4.78 is 1.07. The molecule has 1 aromatic rings. The number of halogens is 2. The Labute approximate surface area is 129 Å². The van der Waals surface area contributed by atoms with Gasteiger partial charge in [0.2, 0.25) is 0 Å². The molecule has 0 amide bonds. The number of rotatable bonds is 2. The Balaban J connectivity index is 2.36. The average Bonchev–Trinajstić information content (AvgIpc) is 2.27. The maximum absolute atomic E-state index is 6.05. The first kappa shape index (κ1) is 15.1. The van der Waals surface area contributed by atoms with Crippen LogP contribution < -0.4 is 10.2 Å². The van der Waals surface area contributed by atoms with Gasteiger partial charge >= 0.3 is 0 Å². The molecule has 106 valence electrons. The van der Waals surface area contributed by atoms with E-state index in [1.807, 2.05) is 12.1 Å². The monoisotopic (exact) mass is 344 g/mol. The highest BCUT2D eigenvalue weighted by atomic mass is 79.9. The maximum Gasteiger partial charge on any atom is 0.0515 e. The summed E-state index contributed by atoms with van der Waals surface area (Å²) in [6, 6.07) is 6.56. The topological polar surface area (TPSA) is 15.3 Å². The molecule has 1 aliphatic heterocycles. The summed E-state index contributed by atoms with van der Waals surface area (Å²) >= 11 is 9.70. The van der Waals surface area contributed by atoms with Crippen molar-refractivity contribution in [3.63, 3.8) is 0 Å². The lowest BCUT2D eigenvalue weighted by molar-refractivity contribution is 0.277. The van der Waals surface area contributed by atoms with Crippen molar-refractivity contribution in [2.45, 2.75) is 39.3 Å². The second-order valence-electron chi connectivity index (χ2n) is 6.30. The van der Waals surface area contributed by atoms with E-state index in [1.165, 1.54) is 5.69 Å². The van der Waals surface area contributed by atoms with Gasteiger partial charge in [0.15, 0.2) is 0 Å². The van der Waals surface area contributed by atoms with Crippen LogP contribution in [0.5, 0.6) is 0 Å². The van der Waals surface area contributed by atoms with Crippen LogP contribution in [0, 0.1) is 5.92 Å². The first-order valence-corrected chi connectivity index (χ1v) is 7.94. The van der Waals surface area contributed by atoms with Gasteiger partial charge in [-0.1, -0.05) is 25.4 Å². The Morgan fingerprint density at radius 2 is 2.11 bits per heavy atom. The van der Waals surface area contributed by atoms with Gasteiger partial charge in [0, 0.05) is 34.2 Å². The normalized spacial score (nSPS) is 22.9. The van der Waals surface area contributed by atoms with Crippen LogP contribution in [-0.2, 0) is 0 Å². The fraction of sp³-hybridized carbons (Fsp3) is 0.600. The molecule has 0 spiro atoms. The van der Waals surface area contributed by atoms with Crippen molar-refractivity contribution < 1.29 is 0 Å². The highest BCUT2D eigenvalue weighted by Crippen LogP contribution is 2.34. The highest BCUT2D eigenvalue weighted by molar-refractivity contribution is 9.10. The predicted octanol–water partition coefficient (Wildman–Crippen LogP) is 4.32. The summed E-state index contributed by atoms with van der Waals surface area (Å²) in [5.74, 6) is 0.603. The summed E-state index contributed by atoms with van der Waals surface area (Å²) in [5, 5.41) is 4.41. The minimum atomic E-state index is 0.129. The number of piperazine rings is 1. The molecule has 1 aliphatic rings. The van der Waals surface area contributed by atoms with Crippen LogP contribution in [0.15, 0.2) is 22.7 Å². The van der Waals surface area contributed by atoms with E-state index in [0.717, 1.165) is 22.6 Å². The Morgan fingerprint density at radius 3 is 2.68 bits per heavy atom. The van der Waals surface area contributed by atoms with Crippen LogP contribution in [0.1, 0.15) is 27.7 Å². The van der Waals surface area contributed by atoms with Crippen molar-refractivity contribution in [2.75, 3.05) is 18.0 Å². The van der Waals surface area contributed by atoms with E-state index in [-0.39, 0.29) is 5.54 Å². The predicted molar refractivity (Wildman–Crippen MR) is 87.2 cm³/mol. The molecule has 4 heteroatoms. The summed E-state index contributed by atoms with van der Waals surface area (Å²) in [4.78, 5) is 2.50. The van der Waals surface area contributed by atoms with Crippen LogP contribution in [-0.4, -0.2) is 24.7 Å². The lowest BCUT2D eigenvalue weighted by Crippen LogP contribution is -2.63.